The van der Waals surface area contributed by atoms with Gasteiger partial charge >= 0.3 is 5.97 Å². The molecule has 5 nitrogen and oxygen atoms in total. The van der Waals surface area contributed by atoms with Crippen molar-refractivity contribution < 1.29 is 9.53 Å². The number of hydrogen-bond acceptors (Lipinski definition) is 4. The van der Waals surface area contributed by atoms with E-state index in [4.69, 9.17) is 4.74 Å². The first kappa shape index (κ1) is 15.7. The van der Waals surface area contributed by atoms with Gasteiger partial charge in [-0.1, -0.05) is 0 Å². The average Bonchev–Trinajstić information content (AvgIpc) is 2.77. The molecule has 108 valence electrons. The molecule has 0 atom stereocenters. The smallest absolute Gasteiger partial charge is 0.320 e. The van der Waals surface area contributed by atoms with Gasteiger partial charge in [0.25, 0.3) is 0 Å². The molecular formula is C14H25N3O2. The molecule has 5 heteroatoms. The number of carbonyl (C=O) groups is 1. The third-order valence-corrected chi connectivity index (χ3v) is 2.93. The highest BCUT2D eigenvalue weighted by atomic mass is 16.5. The minimum absolute atomic E-state index is 0.181. The van der Waals surface area contributed by atoms with Crippen LogP contribution in [-0.2, 0) is 16.1 Å². The monoisotopic (exact) mass is 267 g/mol. The molecule has 0 fully saturated rings. The highest BCUT2D eigenvalue weighted by Gasteiger charge is 2.16. The number of nitrogens with zero attached hydrogens (tertiary/aromatic N) is 3. The largest absolute Gasteiger partial charge is 0.465 e. The Hall–Kier alpha value is -1.36. The van der Waals surface area contributed by atoms with Gasteiger partial charge in [-0.05, 0) is 40.7 Å². The summed E-state index contributed by atoms with van der Waals surface area (Å²) in [5, 5.41) is 4.51. The average molecular weight is 267 g/mol. The van der Waals surface area contributed by atoms with Crippen LogP contribution in [0, 0.1) is 0 Å². The molecule has 0 spiro atoms. The molecule has 0 N–H and O–H groups in total. The van der Waals surface area contributed by atoms with Crippen molar-refractivity contribution in [2.75, 3.05) is 13.2 Å². The van der Waals surface area contributed by atoms with E-state index in [1.165, 1.54) is 0 Å². The van der Waals surface area contributed by atoms with Crippen molar-refractivity contribution in [1.29, 1.82) is 0 Å². The van der Waals surface area contributed by atoms with Crippen molar-refractivity contribution in [3.05, 3.63) is 18.0 Å². The van der Waals surface area contributed by atoms with E-state index in [1.807, 2.05) is 23.9 Å². The molecule has 19 heavy (non-hydrogen) atoms. The molecule has 0 saturated heterocycles. The van der Waals surface area contributed by atoms with Gasteiger partial charge in [0, 0.05) is 24.8 Å². The zero-order chi connectivity index (χ0) is 14.4. The Balaban J connectivity index is 2.64. The first-order valence-electron chi connectivity index (χ1n) is 6.87. The highest BCUT2D eigenvalue weighted by molar-refractivity contribution is 5.71. The Morgan fingerprint density at radius 3 is 2.58 bits per heavy atom. The molecule has 0 bridgehead atoms. The maximum absolute atomic E-state index is 11.6. The zero-order valence-corrected chi connectivity index (χ0v) is 12.6. The van der Waals surface area contributed by atoms with E-state index < -0.39 is 0 Å². The van der Waals surface area contributed by atoms with E-state index in [1.54, 1.807) is 0 Å². The number of carbonyl (C=O) groups excluding carboxylic acids is 1. The number of hydrogen-bond donors (Lipinski definition) is 0. The lowest BCUT2D eigenvalue weighted by molar-refractivity contribution is -0.145. The quantitative estimate of drug-likeness (QED) is 0.711. The number of aromatic nitrogens is 2. The maximum atomic E-state index is 11.6. The Morgan fingerprint density at radius 1 is 1.42 bits per heavy atom. The fraction of sp³-hybridized carbons (Fsp3) is 0.714. The summed E-state index contributed by atoms with van der Waals surface area (Å²) in [6.45, 7) is 11.5. The van der Waals surface area contributed by atoms with E-state index in [9.17, 15) is 4.79 Å². The van der Waals surface area contributed by atoms with E-state index in [0.29, 0.717) is 25.7 Å². The number of esters is 1. The van der Waals surface area contributed by atoms with E-state index in [0.717, 1.165) is 5.69 Å². The second-order valence-corrected chi connectivity index (χ2v) is 5.18. The molecule has 0 amide bonds. The molecule has 1 rings (SSSR count). The van der Waals surface area contributed by atoms with Crippen LogP contribution in [0.3, 0.4) is 0 Å². The van der Waals surface area contributed by atoms with Gasteiger partial charge in [-0.2, -0.15) is 5.10 Å². The van der Waals surface area contributed by atoms with Crippen LogP contribution in [0.15, 0.2) is 12.3 Å². The van der Waals surface area contributed by atoms with Crippen molar-refractivity contribution in [3.8, 4) is 0 Å². The van der Waals surface area contributed by atoms with Gasteiger partial charge < -0.3 is 4.74 Å². The lowest BCUT2D eigenvalue weighted by Gasteiger charge is -2.24. The van der Waals surface area contributed by atoms with Crippen molar-refractivity contribution in [3.63, 3.8) is 0 Å². The fourth-order valence-corrected chi connectivity index (χ4v) is 1.75. The van der Waals surface area contributed by atoms with Gasteiger partial charge in [0.2, 0.25) is 0 Å². The summed E-state index contributed by atoms with van der Waals surface area (Å²) in [6.07, 6.45) is 1.98. The van der Waals surface area contributed by atoms with Crippen LogP contribution in [0.5, 0.6) is 0 Å². The second-order valence-electron chi connectivity index (χ2n) is 5.18. The summed E-state index contributed by atoms with van der Waals surface area (Å²) in [6, 6.07) is 2.63. The van der Waals surface area contributed by atoms with Crippen LogP contribution in [0.4, 0.5) is 0 Å². The van der Waals surface area contributed by atoms with Gasteiger partial charge in [0.1, 0.15) is 0 Å². The predicted molar refractivity (Wildman–Crippen MR) is 74.8 cm³/mol. The Bertz CT molecular complexity index is 399. The van der Waals surface area contributed by atoms with E-state index in [-0.39, 0.29) is 12.0 Å². The molecule has 0 aromatic carbocycles. The molecule has 0 aliphatic carbocycles. The lowest BCUT2D eigenvalue weighted by Crippen LogP contribution is -2.36. The summed E-state index contributed by atoms with van der Waals surface area (Å²) in [7, 11) is 0. The predicted octanol–water partition coefficient (Wildman–Crippen LogP) is 2.24. The van der Waals surface area contributed by atoms with Crippen LogP contribution in [0.2, 0.25) is 0 Å². The molecule has 1 heterocycles. The third-order valence-electron chi connectivity index (χ3n) is 2.93. The highest BCUT2D eigenvalue weighted by Crippen LogP contribution is 2.09. The van der Waals surface area contributed by atoms with Gasteiger partial charge in [-0.3, -0.25) is 14.4 Å². The van der Waals surface area contributed by atoms with Crippen LogP contribution in [0.25, 0.3) is 0 Å². The van der Waals surface area contributed by atoms with E-state index >= 15 is 0 Å². The minimum atomic E-state index is -0.181. The van der Waals surface area contributed by atoms with Crippen LogP contribution in [0.1, 0.15) is 46.4 Å². The SMILES string of the molecule is CCOC(=O)CN(Cc1ccn(C(C)C)n1)C(C)C. The third kappa shape index (κ3) is 5.03. The van der Waals surface area contributed by atoms with E-state index in [2.05, 4.69) is 37.7 Å². The van der Waals surface area contributed by atoms with Gasteiger partial charge in [0.15, 0.2) is 0 Å². The first-order valence-corrected chi connectivity index (χ1v) is 6.87. The number of ether oxygens (including phenoxy) is 1. The van der Waals surface area contributed by atoms with Crippen molar-refractivity contribution in [2.45, 2.75) is 53.2 Å². The molecule has 1 aromatic heterocycles. The maximum Gasteiger partial charge on any atom is 0.320 e. The summed E-state index contributed by atoms with van der Waals surface area (Å²) in [4.78, 5) is 13.6. The molecule has 0 aliphatic heterocycles. The summed E-state index contributed by atoms with van der Waals surface area (Å²) in [5.74, 6) is -0.181. The van der Waals surface area contributed by atoms with Gasteiger partial charge in [0.05, 0.1) is 18.8 Å². The first-order chi connectivity index (χ1) is 8.93. The van der Waals surface area contributed by atoms with Crippen molar-refractivity contribution in [2.24, 2.45) is 0 Å². The van der Waals surface area contributed by atoms with Crippen molar-refractivity contribution in [1.82, 2.24) is 14.7 Å². The Kier molecular flexibility index (Phi) is 6.02. The minimum Gasteiger partial charge on any atom is -0.465 e. The van der Waals surface area contributed by atoms with Gasteiger partial charge in [-0.15, -0.1) is 0 Å². The van der Waals surface area contributed by atoms with Crippen LogP contribution < -0.4 is 0 Å². The Morgan fingerprint density at radius 2 is 2.11 bits per heavy atom. The molecule has 0 radical (unpaired) electrons. The molecule has 0 saturated carbocycles. The second kappa shape index (κ2) is 7.28. The van der Waals surface area contributed by atoms with Crippen molar-refractivity contribution >= 4 is 5.97 Å². The summed E-state index contributed by atoms with van der Waals surface area (Å²) >= 11 is 0. The topological polar surface area (TPSA) is 47.4 Å². The summed E-state index contributed by atoms with van der Waals surface area (Å²) < 4.78 is 6.93. The van der Waals surface area contributed by atoms with Crippen LogP contribution in [-0.4, -0.2) is 39.8 Å². The normalized spacial score (nSPS) is 11.6. The Labute approximate surface area is 115 Å². The molecule has 1 aromatic rings. The standard InChI is InChI=1S/C14H25N3O2/c1-6-19-14(18)10-16(11(2)3)9-13-7-8-17(15-13)12(4)5/h7-8,11-12H,6,9-10H2,1-5H3. The fourth-order valence-electron chi connectivity index (χ4n) is 1.75. The molecule has 0 aliphatic rings. The number of rotatable bonds is 7. The molecule has 0 unspecified atom stereocenters. The lowest BCUT2D eigenvalue weighted by atomic mass is 10.3. The van der Waals surface area contributed by atoms with Crippen LogP contribution >= 0.6 is 0 Å². The molecular weight excluding hydrogens is 242 g/mol. The van der Waals surface area contributed by atoms with Gasteiger partial charge in [-0.25, -0.2) is 0 Å². The summed E-state index contributed by atoms with van der Waals surface area (Å²) in [5.41, 5.74) is 0.978. The zero-order valence-electron chi connectivity index (χ0n) is 12.6.